The van der Waals surface area contributed by atoms with Gasteiger partial charge >= 0.3 is 0 Å². The van der Waals surface area contributed by atoms with E-state index >= 15 is 0 Å². The molecule has 0 unspecified atom stereocenters. The number of likely N-dealkylation sites (tertiary alicyclic amines) is 1. The van der Waals surface area contributed by atoms with E-state index in [1.165, 1.54) is 39.3 Å². The second-order valence-corrected chi connectivity index (χ2v) is 12.2. The summed E-state index contributed by atoms with van der Waals surface area (Å²) < 4.78 is 50.8. The lowest BCUT2D eigenvalue weighted by Crippen LogP contribution is -2.38. The summed E-state index contributed by atoms with van der Waals surface area (Å²) in [5, 5.41) is 5.71. The molecule has 0 saturated carbocycles. The number of rotatable bonds is 10. The Kier molecular flexibility index (Phi) is 9.24. The van der Waals surface area contributed by atoms with Crippen molar-refractivity contribution >= 4 is 38.9 Å². The third-order valence-corrected chi connectivity index (χ3v) is 8.28. The predicted molar refractivity (Wildman–Crippen MR) is 158 cm³/mol. The van der Waals surface area contributed by atoms with E-state index in [4.69, 9.17) is 15.2 Å². The topological polar surface area (TPSA) is 157 Å². The molecular weight excluding hydrogens is 579 g/mol. The molecule has 1 heterocycles. The first-order valence-corrected chi connectivity index (χ1v) is 15.2. The average molecular weight is 613 g/mol. The lowest BCUT2D eigenvalue weighted by molar-refractivity contribution is -0.133. The molecule has 1 aliphatic heterocycles. The fourth-order valence-electron chi connectivity index (χ4n) is 5.25. The summed E-state index contributed by atoms with van der Waals surface area (Å²) in [6.45, 7) is 1.64. The zero-order chi connectivity index (χ0) is 31.5. The van der Waals surface area contributed by atoms with Crippen LogP contribution in [0.1, 0.15) is 53.3 Å². The molecule has 43 heavy (non-hydrogen) atoms. The summed E-state index contributed by atoms with van der Waals surface area (Å²) >= 11 is 0. The number of hydrogen-bond acceptors (Lipinski definition) is 8. The van der Waals surface area contributed by atoms with E-state index in [2.05, 4.69) is 10.6 Å². The number of hydrogen-bond donors (Lipinski definition) is 3. The van der Waals surface area contributed by atoms with Crippen LogP contribution in [0.15, 0.2) is 59.5 Å². The second-order valence-electron chi connectivity index (χ2n) is 10.2. The zero-order valence-corrected chi connectivity index (χ0v) is 25.0. The average Bonchev–Trinajstić information content (AvgIpc) is 3.44. The number of amides is 3. The van der Waals surface area contributed by atoms with Gasteiger partial charge in [0.1, 0.15) is 11.9 Å². The Morgan fingerprint density at radius 3 is 2.35 bits per heavy atom. The highest BCUT2D eigenvalue weighted by molar-refractivity contribution is 7.90. The molecule has 1 fully saturated rings. The van der Waals surface area contributed by atoms with Gasteiger partial charge in [0, 0.05) is 36.7 Å². The lowest BCUT2D eigenvalue weighted by Gasteiger charge is -2.31. The summed E-state index contributed by atoms with van der Waals surface area (Å²) in [5.41, 5.74) is 6.62. The molecule has 0 spiro atoms. The molecule has 2 atom stereocenters. The summed E-state index contributed by atoms with van der Waals surface area (Å²) in [6.07, 6.45) is 2.12. The summed E-state index contributed by atoms with van der Waals surface area (Å²) in [4.78, 5) is 39.5. The fraction of sp³-hybridized carbons (Fsp3) is 0.300. The summed E-state index contributed by atoms with van der Waals surface area (Å²) in [6, 6.07) is 11.0. The molecule has 0 bridgehead atoms. The van der Waals surface area contributed by atoms with Crippen molar-refractivity contribution in [1.82, 2.24) is 4.90 Å². The molecular formula is C30H33FN4O7S. The molecule has 11 nitrogen and oxygen atoms in total. The SMILES string of the molecule is COc1ccc([C@@H](Nc2cc(F)cc(C(N)=O)c2)C(=O)N2CCC[C@@H]2c2cc(NC(C)=O)ccc2S(C)(=O)=O)cc1OC. The summed E-state index contributed by atoms with van der Waals surface area (Å²) in [5.74, 6) is -1.58. The van der Waals surface area contributed by atoms with Crippen LogP contribution in [-0.4, -0.2) is 58.1 Å². The minimum atomic E-state index is -3.70. The van der Waals surface area contributed by atoms with Gasteiger partial charge in [0.25, 0.3) is 0 Å². The molecule has 1 saturated heterocycles. The third-order valence-electron chi connectivity index (χ3n) is 7.11. The van der Waals surface area contributed by atoms with Gasteiger partial charge in [0.15, 0.2) is 21.3 Å². The van der Waals surface area contributed by atoms with E-state index in [0.29, 0.717) is 47.7 Å². The molecule has 3 aromatic rings. The normalized spacial score (nSPS) is 15.5. The van der Waals surface area contributed by atoms with Crippen molar-refractivity contribution in [2.45, 2.75) is 36.7 Å². The van der Waals surface area contributed by atoms with Crippen molar-refractivity contribution in [3.63, 3.8) is 0 Å². The number of carbonyl (C=O) groups excluding carboxylic acids is 3. The number of ether oxygens (including phenoxy) is 2. The van der Waals surface area contributed by atoms with Gasteiger partial charge < -0.3 is 30.7 Å². The van der Waals surface area contributed by atoms with Crippen LogP contribution in [0.5, 0.6) is 11.5 Å². The number of nitrogens with two attached hydrogens (primary N) is 1. The van der Waals surface area contributed by atoms with Crippen LogP contribution in [0.4, 0.5) is 15.8 Å². The molecule has 4 rings (SSSR count). The molecule has 0 aliphatic carbocycles. The number of carbonyl (C=O) groups is 3. The molecule has 3 aromatic carbocycles. The van der Waals surface area contributed by atoms with Gasteiger partial charge in [0.05, 0.1) is 25.2 Å². The van der Waals surface area contributed by atoms with E-state index in [0.717, 1.165) is 18.4 Å². The Bertz CT molecular complexity index is 1680. The first-order chi connectivity index (χ1) is 20.3. The van der Waals surface area contributed by atoms with Gasteiger partial charge in [-0.3, -0.25) is 14.4 Å². The lowest BCUT2D eigenvalue weighted by atomic mass is 10.00. The Labute approximate surface area is 249 Å². The van der Waals surface area contributed by atoms with Crippen LogP contribution in [0.2, 0.25) is 0 Å². The highest BCUT2D eigenvalue weighted by Crippen LogP contribution is 2.40. The monoisotopic (exact) mass is 612 g/mol. The number of anilines is 2. The van der Waals surface area contributed by atoms with Gasteiger partial charge in [-0.05, 0) is 72.5 Å². The van der Waals surface area contributed by atoms with Gasteiger partial charge in [-0.1, -0.05) is 6.07 Å². The zero-order valence-electron chi connectivity index (χ0n) is 24.1. The highest BCUT2D eigenvalue weighted by Gasteiger charge is 2.37. The number of primary amides is 1. The largest absolute Gasteiger partial charge is 0.493 e. The van der Waals surface area contributed by atoms with Crippen LogP contribution >= 0.6 is 0 Å². The maximum absolute atomic E-state index is 14.5. The van der Waals surface area contributed by atoms with Crippen molar-refractivity contribution in [3.05, 3.63) is 77.1 Å². The van der Waals surface area contributed by atoms with Crippen LogP contribution in [0, 0.1) is 5.82 Å². The molecule has 3 amide bonds. The predicted octanol–water partition coefficient (Wildman–Crippen LogP) is 3.82. The molecule has 0 radical (unpaired) electrons. The van der Waals surface area contributed by atoms with E-state index < -0.39 is 39.6 Å². The minimum absolute atomic E-state index is 0.0400. The van der Waals surface area contributed by atoms with Crippen LogP contribution < -0.4 is 25.8 Å². The second kappa shape index (κ2) is 12.7. The van der Waals surface area contributed by atoms with E-state index in [9.17, 15) is 27.2 Å². The van der Waals surface area contributed by atoms with Gasteiger partial charge in [0.2, 0.25) is 17.7 Å². The Morgan fingerprint density at radius 2 is 1.72 bits per heavy atom. The molecule has 1 aliphatic rings. The number of nitrogens with zero attached hydrogens (tertiary/aromatic N) is 1. The van der Waals surface area contributed by atoms with E-state index in [-0.39, 0.29) is 22.1 Å². The van der Waals surface area contributed by atoms with Crippen molar-refractivity contribution < 1.29 is 36.7 Å². The highest BCUT2D eigenvalue weighted by atomic mass is 32.2. The Hall–Kier alpha value is -4.65. The van der Waals surface area contributed by atoms with Crippen LogP contribution in [0.3, 0.4) is 0 Å². The van der Waals surface area contributed by atoms with Crippen LogP contribution in [0.25, 0.3) is 0 Å². The van der Waals surface area contributed by atoms with Gasteiger partial charge in [-0.15, -0.1) is 0 Å². The molecule has 13 heteroatoms. The van der Waals surface area contributed by atoms with E-state index in [1.807, 2.05) is 0 Å². The van der Waals surface area contributed by atoms with Gasteiger partial charge in [-0.2, -0.15) is 0 Å². The number of sulfone groups is 1. The standard InChI is InChI=1S/C30H33FN4O7S/c1-17(36)33-21-8-10-27(43(4,39)40)23(16-21)24-6-5-11-35(24)30(38)28(18-7-9-25(41-2)26(14-18)42-3)34-22-13-19(29(32)37)12-20(31)15-22/h7-10,12-16,24,28,34H,5-6,11H2,1-4H3,(H2,32,37)(H,33,36)/t24-,28-/m1/s1. The quantitative estimate of drug-likeness (QED) is 0.312. The maximum Gasteiger partial charge on any atom is 0.250 e. The maximum atomic E-state index is 14.5. The van der Waals surface area contributed by atoms with Crippen LogP contribution in [-0.2, 0) is 19.4 Å². The fourth-order valence-corrected chi connectivity index (χ4v) is 6.19. The number of nitrogens with one attached hydrogen (secondary N) is 2. The Morgan fingerprint density at radius 1 is 1.00 bits per heavy atom. The number of benzene rings is 3. The molecule has 228 valence electrons. The molecule has 4 N–H and O–H groups in total. The van der Waals surface area contributed by atoms with Crippen molar-refractivity contribution in [2.24, 2.45) is 5.73 Å². The Balaban J connectivity index is 1.82. The van der Waals surface area contributed by atoms with Crippen molar-refractivity contribution in [2.75, 3.05) is 37.7 Å². The first kappa shape index (κ1) is 31.3. The first-order valence-electron chi connectivity index (χ1n) is 13.3. The minimum Gasteiger partial charge on any atom is -0.493 e. The number of halogens is 1. The summed E-state index contributed by atoms with van der Waals surface area (Å²) in [7, 11) is -0.783. The smallest absolute Gasteiger partial charge is 0.250 e. The number of methoxy groups -OCH3 is 2. The molecule has 0 aromatic heterocycles. The van der Waals surface area contributed by atoms with Gasteiger partial charge in [-0.25, -0.2) is 12.8 Å². The van der Waals surface area contributed by atoms with E-state index in [1.54, 1.807) is 29.2 Å². The van der Waals surface area contributed by atoms with Crippen molar-refractivity contribution in [3.8, 4) is 11.5 Å². The van der Waals surface area contributed by atoms with Crippen molar-refractivity contribution in [1.29, 1.82) is 0 Å². The third kappa shape index (κ3) is 7.05.